The van der Waals surface area contributed by atoms with Crippen LogP contribution in [0.1, 0.15) is 23.2 Å². The summed E-state index contributed by atoms with van der Waals surface area (Å²) in [7, 11) is 1.86. The highest BCUT2D eigenvalue weighted by molar-refractivity contribution is 6.15. The van der Waals surface area contributed by atoms with Crippen LogP contribution in [0.4, 0.5) is 20.3 Å². The molecule has 3 heterocycles. The third kappa shape index (κ3) is 3.26. The molecule has 2 aliphatic rings. The summed E-state index contributed by atoms with van der Waals surface area (Å²) in [4.78, 5) is 10.5. The van der Waals surface area contributed by atoms with Gasteiger partial charge in [0.25, 0.3) is 0 Å². The molecule has 1 saturated heterocycles. The molecule has 0 bridgehead atoms. The zero-order valence-electron chi connectivity index (χ0n) is 15.5. The van der Waals surface area contributed by atoms with Crippen LogP contribution in [0, 0.1) is 17.1 Å². The monoisotopic (exact) mass is 383 g/mol. The van der Waals surface area contributed by atoms with E-state index in [2.05, 4.69) is 9.97 Å². The summed E-state index contributed by atoms with van der Waals surface area (Å²) in [5.41, 5.74) is 8.21. The number of rotatable bonds is 5. The lowest BCUT2D eigenvalue weighted by atomic mass is 9.97. The molecule has 0 aliphatic carbocycles. The van der Waals surface area contributed by atoms with E-state index in [1.165, 1.54) is 12.4 Å². The highest BCUT2D eigenvalue weighted by atomic mass is 19.1. The Morgan fingerprint density at radius 2 is 2.14 bits per heavy atom. The Balaban J connectivity index is 1.64. The Morgan fingerprint density at radius 1 is 1.36 bits per heavy atom. The molecule has 144 valence electrons. The van der Waals surface area contributed by atoms with Gasteiger partial charge in [-0.25, -0.2) is 18.9 Å². The van der Waals surface area contributed by atoms with Gasteiger partial charge in [0.05, 0.1) is 18.1 Å². The maximum absolute atomic E-state index is 14.3. The van der Waals surface area contributed by atoms with Crippen molar-refractivity contribution >= 4 is 29.0 Å². The van der Waals surface area contributed by atoms with Gasteiger partial charge < -0.3 is 10.6 Å². The molecule has 1 aromatic heterocycles. The van der Waals surface area contributed by atoms with Gasteiger partial charge in [-0.2, -0.15) is 0 Å². The minimum absolute atomic E-state index is 0.0123. The number of hydrogen-bond acceptors (Lipinski definition) is 5. The number of benzene rings is 1. The van der Waals surface area contributed by atoms with Crippen LogP contribution in [-0.2, 0) is 0 Å². The number of alkyl halides is 1. The first-order valence-corrected chi connectivity index (χ1v) is 9.06. The molecule has 1 fully saturated rings. The Labute approximate surface area is 161 Å². The van der Waals surface area contributed by atoms with Crippen LogP contribution in [0.2, 0.25) is 0 Å². The van der Waals surface area contributed by atoms with Gasteiger partial charge >= 0.3 is 0 Å². The lowest BCUT2D eigenvalue weighted by molar-refractivity contribution is -0.423. The largest absolute Gasteiger partial charge is 0.398 e. The van der Waals surface area contributed by atoms with Gasteiger partial charge in [0, 0.05) is 41.9 Å². The summed E-state index contributed by atoms with van der Waals surface area (Å²) in [6, 6.07) is 4.52. The number of halogens is 2. The zero-order valence-corrected chi connectivity index (χ0v) is 15.5. The first kappa shape index (κ1) is 18.2. The second kappa shape index (κ2) is 7.10. The average Bonchev–Trinajstić information content (AvgIpc) is 3.15. The second-order valence-corrected chi connectivity index (χ2v) is 7.19. The van der Waals surface area contributed by atoms with Crippen LogP contribution in [0.25, 0.3) is 5.57 Å². The first-order chi connectivity index (χ1) is 13.5. The van der Waals surface area contributed by atoms with Crippen molar-refractivity contribution in [3.8, 4) is 0 Å². The molecule has 28 heavy (non-hydrogen) atoms. The molecular weight excluding hydrogens is 362 g/mol. The summed E-state index contributed by atoms with van der Waals surface area (Å²) in [6.07, 6.45) is 5.78. The van der Waals surface area contributed by atoms with E-state index in [0.29, 0.717) is 29.2 Å². The smallest absolute Gasteiger partial charge is 0.182 e. The maximum Gasteiger partial charge on any atom is 0.182 e. The molecule has 1 unspecified atom stereocenters. The number of anilines is 2. The SMILES string of the molecule is C[N+]1=CC(c2cc(C(=N)c3cc(N4CCC(CF)C4)ncn3)c(N)cc2F)=C1. The first-order valence-electron chi connectivity index (χ1n) is 9.06. The number of nitrogen functional groups attached to an aromatic ring is 1. The summed E-state index contributed by atoms with van der Waals surface area (Å²) < 4.78 is 29.1. The van der Waals surface area contributed by atoms with E-state index in [4.69, 9.17) is 11.1 Å². The standard InChI is InChI=1S/C20H21F2N6/c1-27-9-13(10-27)14-4-15(17(23)5-16(14)22)20(24)18-6-19(26-11-25-18)28-3-2-12(7-21)8-28/h4-6,9-12,24H,2-3,7-8,23H2,1H3/q+1. The normalized spacial score (nSPS) is 18.5. The molecule has 8 heteroatoms. The molecule has 3 N–H and O–H groups in total. The molecule has 6 nitrogen and oxygen atoms in total. The molecule has 2 aliphatic heterocycles. The molecule has 4 rings (SSSR count). The van der Waals surface area contributed by atoms with Crippen LogP contribution in [0.5, 0.6) is 0 Å². The lowest BCUT2D eigenvalue weighted by Gasteiger charge is -2.18. The zero-order chi connectivity index (χ0) is 19.8. The van der Waals surface area contributed by atoms with Crippen molar-refractivity contribution in [3.63, 3.8) is 0 Å². The van der Waals surface area contributed by atoms with Crippen LogP contribution >= 0.6 is 0 Å². The van der Waals surface area contributed by atoms with Gasteiger partial charge in [-0.15, -0.1) is 0 Å². The van der Waals surface area contributed by atoms with Crippen LogP contribution in [0.3, 0.4) is 0 Å². The van der Waals surface area contributed by atoms with Gasteiger partial charge in [-0.3, -0.25) is 9.80 Å². The van der Waals surface area contributed by atoms with Gasteiger partial charge in [0.1, 0.15) is 30.6 Å². The van der Waals surface area contributed by atoms with E-state index in [0.717, 1.165) is 18.5 Å². The van der Waals surface area contributed by atoms with Crippen molar-refractivity contribution in [2.24, 2.45) is 5.92 Å². The van der Waals surface area contributed by atoms with Gasteiger partial charge in [-0.1, -0.05) is 0 Å². The van der Waals surface area contributed by atoms with Crippen molar-refractivity contribution in [1.29, 1.82) is 5.41 Å². The molecule has 2 aromatic rings. The predicted molar refractivity (Wildman–Crippen MR) is 105 cm³/mol. The van der Waals surface area contributed by atoms with Crippen molar-refractivity contribution in [3.05, 3.63) is 53.4 Å². The topological polar surface area (TPSA) is 81.9 Å². The third-order valence-electron chi connectivity index (χ3n) is 5.14. The Bertz CT molecular complexity index is 1010. The molecule has 0 radical (unpaired) electrons. The van der Waals surface area contributed by atoms with Crippen LogP contribution in [0.15, 0.2) is 30.7 Å². The second-order valence-electron chi connectivity index (χ2n) is 7.19. The van der Waals surface area contributed by atoms with E-state index in [9.17, 15) is 8.78 Å². The number of nitrogens with one attached hydrogen (secondary N) is 1. The fourth-order valence-corrected chi connectivity index (χ4v) is 3.55. The molecular formula is C20H21F2N6+. The third-order valence-corrected chi connectivity index (χ3v) is 5.14. The molecule has 0 saturated carbocycles. The number of nitrogens with two attached hydrogens (primary N) is 1. The Kier molecular flexibility index (Phi) is 4.62. The minimum atomic E-state index is -0.428. The highest BCUT2D eigenvalue weighted by Gasteiger charge is 2.25. The van der Waals surface area contributed by atoms with Gasteiger partial charge in [-0.05, 0) is 18.6 Å². The fourth-order valence-electron chi connectivity index (χ4n) is 3.55. The van der Waals surface area contributed by atoms with Crippen molar-refractivity contribution in [2.75, 3.05) is 37.4 Å². The predicted octanol–water partition coefficient (Wildman–Crippen LogP) is 2.48. The quantitative estimate of drug-likeness (QED) is 0.472. The summed E-state index contributed by atoms with van der Waals surface area (Å²) in [6.45, 7) is 0.973. The van der Waals surface area contributed by atoms with E-state index in [-0.39, 0.29) is 24.0 Å². The summed E-state index contributed by atoms with van der Waals surface area (Å²) in [5.74, 6) is 0.240. The number of allylic oxidation sites excluding steroid dienone is 1. The minimum Gasteiger partial charge on any atom is -0.398 e. The number of aromatic nitrogens is 2. The van der Waals surface area contributed by atoms with Crippen LogP contribution in [-0.4, -0.2) is 53.3 Å². The van der Waals surface area contributed by atoms with Crippen molar-refractivity contribution < 1.29 is 13.4 Å². The maximum atomic E-state index is 14.3. The highest BCUT2D eigenvalue weighted by Crippen LogP contribution is 2.28. The number of nitrogens with zero attached hydrogens (tertiary/aromatic N) is 4. The van der Waals surface area contributed by atoms with E-state index in [1.807, 2.05) is 16.5 Å². The van der Waals surface area contributed by atoms with E-state index >= 15 is 0 Å². The van der Waals surface area contributed by atoms with Gasteiger partial charge in [0.2, 0.25) is 0 Å². The molecule has 1 atom stereocenters. The molecule has 0 spiro atoms. The fraction of sp³-hybridized carbons (Fsp3) is 0.300. The lowest BCUT2D eigenvalue weighted by Crippen LogP contribution is -2.22. The van der Waals surface area contributed by atoms with Crippen molar-refractivity contribution in [2.45, 2.75) is 6.42 Å². The molecule has 1 aromatic carbocycles. The van der Waals surface area contributed by atoms with Crippen LogP contribution < -0.4 is 10.6 Å². The number of hydrogen-bond donors (Lipinski definition) is 2. The summed E-state index contributed by atoms with van der Waals surface area (Å²) in [5, 5.41) is 8.57. The van der Waals surface area contributed by atoms with Gasteiger partial charge in [0.15, 0.2) is 12.4 Å². The molecule has 0 amide bonds. The van der Waals surface area contributed by atoms with Crippen molar-refractivity contribution in [1.82, 2.24) is 9.97 Å². The van der Waals surface area contributed by atoms with E-state index in [1.54, 1.807) is 24.5 Å². The Morgan fingerprint density at radius 3 is 2.82 bits per heavy atom. The summed E-state index contributed by atoms with van der Waals surface area (Å²) >= 11 is 0. The van der Waals surface area contributed by atoms with E-state index < -0.39 is 5.82 Å². The Hall–Kier alpha value is -3.16. The average molecular weight is 383 g/mol.